The highest BCUT2D eigenvalue weighted by Crippen LogP contribution is 2.16. The third-order valence-corrected chi connectivity index (χ3v) is 1.75. The summed E-state index contributed by atoms with van der Waals surface area (Å²) in [5.74, 6) is -1.74. The smallest absolute Gasteiger partial charge is 0.314 e. The van der Waals surface area contributed by atoms with Gasteiger partial charge in [0, 0.05) is 6.61 Å². The zero-order valence-electron chi connectivity index (χ0n) is 10.2. The molecule has 0 rings (SSSR count). The predicted molar refractivity (Wildman–Crippen MR) is 57.0 cm³/mol. The zero-order valence-corrected chi connectivity index (χ0v) is 10.2. The Balaban J connectivity index is 3.89. The van der Waals surface area contributed by atoms with Crippen molar-refractivity contribution in [2.45, 2.75) is 52.6 Å². The third-order valence-electron chi connectivity index (χ3n) is 1.75. The van der Waals surface area contributed by atoms with E-state index in [-0.39, 0.29) is 12.5 Å². The molecule has 15 heavy (non-hydrogen) atoms. The Morgan fingerprint density at radius 1 is 1.13 bits per heavy atom. The Kier molecular flexibility index (Phi) is 7.96. The molecule has 0 heterocycles. The Bertz CT molecular complexity index is 150. The molecule has 0 fully saturated rings. The average Bonchev–Trinajstić information content (AvgIpc) is 2.15. The summed E-state index contributed by atoms with van der Waals surface area (Å²) < 4.78 is 15.5. The predicted octanol–water partition coefficient (Wildman–Crippen LogP) is 2.35. The Labute approximate surface area is 92.5 Å². The van der Waals surface area contributed by atoms with Crippen molar-refractivity contribution in [1.82, 2.24) is 0 Å². The lowest BCUT2D eigenvalue weighted by Gasteiger charge is -2.25. The second-order valence-electron chi connectivity index (χ2n) is 3.63. The van der Waals surface area contributed by atoms with E-state index in [1.807, 2.05) is 20.8 Å². The molecule has 4 heteroatoms. The van der Waals surface area contributed by atoms with Crippen LogP contribution >= 0.6 is 0 Å². The number of hydrogen-bond donors (Lipinski definition) is 0. The summed E-state index contributed by atoms with van der Waals surface area (Å²) in [4.78, 5) is 0. The van der Waals surface area contributed by atoms with Gasteiger partial charge in [-0.05, 0) is 27.2 Å². The van der Waals surface area contributed by atoms with Crippen LogP contribution in [-0.2, 0) is 19.3 Å². The van der Waals surface area contributed by atoms with Crippen molar-refractivity contribution < 1.29 is 19.3 Å². The van der Waals surface area contributed by atoms with Crippen LogP contribution in [0.3, 0.4) is 0 Å². The summed E-state index contributed by atoms with van der Waals surface area (Å²) in [6, 6.07) is 0. The van der Waals surface area contributed by atoms with Gasteiger partial charge >= 0.3 is 5.97 Å². The molecule has 4 nitrogen and oxygen atoms in total. The van der Waals surface area contributed by atoms with E-state index in [0.717, 1.165) is 6.42 Å². The van der Waals surface area contributed by atoms with E-state index in [9.17, 15) is 5.11 Å². The third kappa shape index (κ3) is 7.73. The van der Waals surface area contributed by atoms with Crippen molar-refractivity contribution in [3.8, 4) is 0 Å². The maximum atomic E-state index is 11.9. The van der Waals surface area contributed by atoms with Crippen LogP contribution in [0.2, 0.25) is 0 Å². The van der Waals surface area contributed by atoms with E-state index in [4.69, 9.17) is 14.2 Å². The maximum Gasteiger partial charge on any atom is 0.314 e. The molecule has 0 aliphatic carbocycles. The van der Waals surface area contributed by atoms with Gasteiger partial charge in [-0.1, -0.05) is 6.92 Å². The van der Waals surface area contributed by atoms with Crippen LogP contribution < -0.4 is 0 Å². The molecule has 0 aliphatic rings. The Morgan fingerprint density at radius 2 is 1.80 bits per heavy atom. The van der Waals surface area contributed by atoms with Gasteiger partial charge in [0.1, 0.15) is 0 Å². The van der Waals surface area contributed by atoms with Crippen molar-refractivity contribution in [3.05, 3.63) is 0 Å². The Hall–Kier alpha value is -0.160. The highest BCUT2D eigenvalue weighted by molar-refractivity contribution is 4.54. The van der Waals surface area contributed by atoms with Crippen LogP contribution in [0.25, 0.3) is 0 Å². The van der Waals surface area contributed by atoms with E-state index in [2.05, 4.69) is 0 Å². The van der Waals surface area contributed by atoms with E-state index in [1.165, 1.54) is 0 Å². The summed E-state index contributed by atoms with van der Waals surface area (Å²) in [6.45, 7) is 8.74. The first kappa shape index (κ1) is 14.8. The van der Waals surface area contributed by atoms with E-state index in [1.54, 1.807) is 6.92 Å². The SMILES string of the molecule is CCCOC([O])(CCOC(C)C)OCC. The monoisotopic (exact) mass is 219 g/mol. The van der Waals surface area contributed by atoms with Gasteiger partial charge in [0.05, 0.1) is 25.7 Å². The molecule has 0 aromatic carbocycles. The topological polar surface area (TPSA) is 47.6 Å². The molecule has 0 aromatic rings. The quantitative estimate of drug-likeness (QED) is 0.559. The molecule has 1 unspecified atom stereocenters. The summed E-state index contributed by atoms with van der Waals surface area (Å²) in [5.41, 5.74) is 0. The van der Waals surface area contributed by atoms with Crippen LogP contribution in [0.4, 0.5) is 0 Å². The second kappa shape index (κ2) is 8.05. The van der Waals surface area contributed by atoms with Crippen molar-refractivity contribution in [3.63, 3.8) is 0 Å². The fourth-order valence-electron chi connectivity index (χ4n) is 1.08. The van der Waals surface area contributed by atoms with Crippen LogP contribution in [0.15, 0.2) is 0 Å². The molecule has 1 radical (unpaired) electrons. The van der Waals surface area contributed by atoms with Crippen molar-refractivity contribution in [1.29, 1.82) is 0 Å². The van der Waals surface area contributed by atoms with Crippen molar-refractivity contribution in [2.75, 3.05) is 19.8 Å². The molecule has 91 valence electrons. The molecule has 0 aliphatic heterocycles. The van der Waals surface area contributed by atoms with E-state index < -0.39 is 5.97 Å². The molecule has 0 aromatic heterocycles. The first-order chi connectivity index (χ1) is 7.04. The maximum absolute atomic E-state index is 11.9. The number of ether oxygens (including phenoxy) is 3. The van der Waals surface area contributed by atoms with Gasteiger partial charge in [-0.3, -0.25) is 0 Å². The summed E-state index contributed by atoms with van der Waals surface area (Å²) >= 11 is 0. The lowest BCUT2D eigenvalue weighted by atomic mass is 10.3. The molecule has 0 N–H and O–H groups in total. The van der Waals surface area contributed by atoms with Gasteiger partial charge in [0.15, 0.2) is 0 Å². The molecular weight excluding hydrogens is 196 g/mol. The molecule has 0 saturated heterocycles. The minimum atomic E-state index is -1.74. The van der Waals surface area contributed by atoms with Crippen molar-refractivity contribution >= 4 is 0 Å². The van der Waals surface area contributed by atoms with E-state index >= 15 is 0 Å². The standard InChI is InChI=1S/C11H23O4/c1-5-8-15-11(12,14-6-2)7-9-13-10(3)4/h10H,5-9H2,1-4H3. The largest absolute Gasteiger partial charge is 0.378 e. The van der Waals surface area contributed by atoms with Gasteiger partial charge in [-0.15, -0.1) is 0 Å². The van der Waals surface area contributed by atoms with Crippen LogP contribution in [-0.4, -0.2) is 31.9 Å². The van der Waals surface area contributed by atoms with Gasteiger partial charge < -0.3 is 14.2 Å². The first-order valence-corrected chi connectivity index (χ1v) is 5.64. The second-order valence-corrected chi connectivity index (χ2v) is 3.63. The first-order valence-electron chi connectivity index (χ1n) is 5.64. The van der Waals surface area contributed by atoms with Gasteiger partial charge in [-0.2, -0.15) is 5.11 Å². The highest BCUT2D eigenvalue weighted by Gasteiger charge is 2.30. The lowest BCUT2D eigenvalue weighted by Crippen LogP contribution is -2.36. The number of hydrogen-bond acceptors (Lipinski definition) is 3. The minimum Gasteiger partial charge on any atom is -0.378 e. The molecule has 0 saturated carbocycles. The zero-order chi connectivity index (χ0) is 11.7. The average molecular weight is 219 g/mol. The van der Waals surface area contributed by atoms with Gasteiger partial charge in [0.2, 0.25) is 0 Å². The summed E-state index contributed by atoms with van der Waals surface area (Å²) in [5, 5.41) is 11.9. The fraction of sp³-hybridized carbons (Fsp3) is 1.00. The minimum absolute atomic E-state index is 0.127. The van der Waals surface area contributed by atoms with Crippen LogP contribution in [0, 0.1) is 0 Å². The molecule has 1 atom stereocenters. The lowest BCUT2D eigenvalue weighted by molar-refractivity contribution is -0.392. The van der Waals surface area contributed by atoms with Crippen LogP contribution in [0.1, 0.15) is 40.5 Å². The molecule has 0 spiro atoms. The fourth-order valence-corrected chi connectivity index (χ4v) is 1.08. The van der Waals surface area contributed by atoms with Gasteiger partial charge in [0.25, 0.3) is 0 Å². The normalized spacial score (nSPS) is 15.6. The number of rotatable bonds is 9. The molecule has 0 amide bonds. The highest BCUT2D eigenvalue weighted by atomic mass is 16.8. The summed E-state index contributed by atoms with van der Waals surface area (Å²) in [6.07, 6.45) is 1.16. The van der Waals surface area contributed by atoms with Crippen LogP contribution in [0.5, 0.6) is 0 Å². The Morgan fingerprint density at radius 3 is 2.27 bits per heavy atom. The van der Waals surface area contributed by atoms with E-state index in [0.29, 0.717) is 19.8 Å². The molecule has 0 bridgehead atoms. The molecular formula is C11H23O4. The van der Waals surface area contributed by atoms with Gasteiger partial charge in [-0.25, -0.2) is 0 Å². The van der Waals surface area contributed by atoms with Crippen molar-refractivity contribution in [2.24, 2.45) is 0 Å². The summed E-state index contributed by atoms with van der Waals surface area (Å²) in [7, 11) is 0.